The number of unbranched alkanes of at least 4 members (excludes halogenated alkanes) is 23. The Labute approximate surface area is 364 Å². The van der Waals surface area contributed by atoms with E-state index in [2.05, 4.69) is 81.5 Å². The molecule has 0 saturated carbocycles. The predicted octanol–water partition coefficient (Wildman–Crippen LogP) is 16.1. The van der Waals surface area contributed by atoms with Crippen molar-refractivity contribution in [2.45, 2.75) is 245 Å². The van der Waals surface area contributed by atoms with E-state index in [1.807, 2.05) is 0 Å². The standard InChI is InChI=1S/C53H92O6/c1-4-7-10-13-15-17-19-21-23-24-25-26-27-28-30-31-33-35-37-40-43-46-52(55)58-49-50(48-57-51(54)45-42-39-12-9-6-3)59-53(56)47-44-41-38-36-34-32-29-22-20-18-16-14-11-8-5-2/h7,10,15,17,21,23,25-26,28,30,50H,4-6,8-9,11-14,16,18-20,22,24,27,29,31-49H2,1-3H3/b10-7-,17-15-,23-21-,26-25-,30-28-. The van der Waals surface area contributed by atoms with Crippen molar-refractivity contribution in [1.29, 1.82) is 0 Å². The fourth-order valence-electron chi connectivity index (χ4n) is 6.82. The number of allylic oxidation sites excluding steroid dienone is 10. The number of hydrogen-bond donors (Lipinski definition) is 0. The maximum absolute atomic E-state index is 12.7. The lowest BCUT2D eigenvalue weighted by molar-refractivity contribution is -0.167. The summed E-state index contributed by atoms with van der Waals surface area (Å²) in [4.78, 5) is 37.6. The van der Waals surface area contributed by atoms with Gasteiger partial charge in [-0.25, -0.2) is 0 Å². The molecule has 6 heteroatoms. The first-order chi connectivity index (χ1) is 29.0. The smallest absolute Gasteiger partial charge is 0.306 e. The summed E-state index contributed by atoms with van der Waals surface area (Å²) in [5.74, 6) is -0.909. The zero-order valence-electron chi connectivity index (χ0n) is 38.8. The number of esters is 3. The van der Waals surface area contributed by atoms with Gasteiger partial charge in [-0.2, -0.15) is 0 Å². The Bertz CT molecular complexity index is 1090. The number of rotatable bonds is 44. The molecule has 340 valence electrons. The minimum atomic E-state index is -0.775. The highest BCUT2D eigenvalue weighted by Crippen LogP contribution is 2.15. The van der Waals surface area contributed by atoms with Crippen molar-refractivity contribution in [3.05, 3.63) is 60.8 Å². The first kappa shape index (κ1) is 56.1. The van der Waals surface area contributed by atoms with E-state index in [0.717, 1.165) is 116 Å². The molecule has 59 heavy (non-hydrogen) atoms. The van der Waals surface area contributed by atoms with Gasteiger partial charge in [-0.3, -0.25) is 14.4 Å². The van der Waals surface area contributed by atoms with Gasteiger partial charge >= 0.3 is 17.9 Å². The molecule has 0 aromatic carbocycles. The van der Waals surface area contributed by atoms with Crippen molar-refractivity contribution < 1.29 is 28.6 Å². The van der Waals surface area contributed by atoms with Crippen LogP contribution >= 0.6 is 0 Å². The molecule has 1 unspecified atom stereocenters. The second-order valence-electron chi connectivity index (χ2n) is 16.4. The molecule has 0 saturated heterocycles. The molecular weight excluding hydrogens is 733 g/mol. The van der Waals surface area contributed by atoms with Gasteiger partial charge in [0.15, 0.2) is 6.10 Å². The van der Waals surface area contributed by atoms with E-state index >= 15 is 0 Å². The molecule has 0 N–H and O–H groups in total. The Kier molecular flexibility index (Phi) is 45.4. The maximum Gasteiger partial charge on any atom is 0.306 e. The van der Waals surface area contributed by atoms with Crippen LogP contribution in [0, 0.1) is 0 Å². The van der Waals surface area contributed by atoms with Crippen LogP contribution in [0.2, 0.25) is 0 Å². The van der Waals surface area contributed by atoms with E-state index in [9.17, 15) is 14.4 Å². The summed E-state index contributed by atoms with van der Waals surface area (Å²) in [6.07, 6.45) is 58.1. The third-order valence-electron chi connectivity index (χ3n) is 10.5. The number of carbonyl (C=O) groups is 3. The Hall–Kier alpha value is -2.89. The van der Waals surface area contributed by atoms with Crippen molar-refractivity contribution in [3.8, 4) is 0 Å². The minimum absolute atomic E-state index is 0.0798. The molecule has 0 bridgehead atoms. The summed E-state index contributed by atoms with van der Waals surface area (Å²) < 4.78 is 16.6. The van der Waals surface area contributed by atoms with E-state index < -0.39 is 6.10 Å². The third kappa shape index (κ3) is 46.0. The van der Waals surface area contributed by atoms with Gasteiger partial charge in [0.1, 0.15) is 13.2 Å². The fraction of sp³-hybridized carbons (Fsp3) is 0.755. The zero-order valence-corrected chi connectivity index (χ0v) is 38.8. The van der Waals surface area contributed by atoms with Crippen molar-refractivity contribution in [1.82, 2.24) is 0 Å². The molecule has 0 spiro atoms. The first-order valence-corrected chi connectivity index (χ1v) is 24.8. The van der Waals surface area contributed by atoms with Gasteiger partial charge in [0.05, 0.1) is 0 Å². The fourth-order valence-corrected chi connectivity index (χ4v) is 6.82. The van der Waals surface area contributed by atoms with Crippen LogP contribution in [-0.4, -0.2) is 37.2 Å². The number of carbonyl (C=O) groups excluding carboxylic acids is 3. The topological polar surface area (TPSA) is 78.9 Å². The lowest BCUT2D eigenvalue weighted by Gasteiger charge is -2.18. The number of ether oxygens (including phenoxy) is 3. The molecule has 0 amide bonds. The molecule has 0 aromatic rings. The van der Waals surface area contributed by atoms with Crippen LogP contribution in [0.1, 0.15) is 239 Å². The van der Waals surface area contributed by atoms with Gasteiger partial charge in [-0.1, -0.05) is 216 Å². The highest BCUT2D eigenvalue weighted by atomic mass is 16.6. The average Bonchev–Trinajstić information content (AvgIpc) is 3.23. The molecule has 0 aliphatic carbocycles. The Morgan fingerprint density at radius 3 is 1.03 bits per heavy atom. The van der Waals surface area contributed by atoms with E-state index in [1.165, 1.54) is 83.5 Å². The van der Waals surface area contributed by atoms with Crippen LogP contribution in [-0.2, 0) is 28.6 Å². The van der Waals surface area contributed by atoms with E-state index in [-0.39, 0.29) is 31.1 Å². The number of hydrogen-bond acceptors (Lipinski definition) is 6. The lowest BCUT2D eigenvalue weighted by atomic mass is 10.0. The van der Waals surface area contributed by atoms with Crippen molar-refractivity contribution in [2.24, 2.45) is 0 Å². The highest BCUT2D eigenvalue weighted by Gasteiger charge is 2.19. The average molecular weight is 825 g/mol. The van der Waals surface area contributed by atoms with Crippen molar-refractivity contribution >= 4 is 17.9 Å². The van der Waals surface area contributed by atoms with Gasteiger partial charge in [0.2, 0.25) is 0 Å². The van der Waals surface area contributed by atoms with Gasteiger partial charge in [-0.05, 0) is 64.2 Å². The van der Waals surface area contributed by atoms with Crippen LogP contribution in [0.3, 0.4) is 0 Å². The predicted molar refractivity (Wildman–Crippen MR) is 251 cm³/mol. The molecular formula is C53H92O6. The normalized spacial score (nSPS) is 12.5. The second kappa shape index (κ2) is 47.8. The second-order valence-corrected chi connectivity index (χ2v) is 16.4. The molecule has 1 atom stereocenters. The van der Waals surface area contributed by atoms with Crippen molar-refractivity contribution in [3.63, 3.8) is 0 Å². The third-order valence-corrected chi connectivity index (χ3v) is 10.5. The Balaban J connectivity index is 4.20. The van der Waals surface area contributed by atoms with Gasteiger partial charge < -0.3 is 14.2 Å². The Morgan fingerprint density at radius 2 is 0.661 bits per heavy atom. The SMILES string of the molecule is CC/C=C\C/C=C\C/C=C\C/C=C\C/C=C\CCCCCCCC(=O)OCC(COC(=O)CCCCCCC)OC(=O)CCCCCCCCCCCCCCCCC. The summed E-state index contributed by atoms with van der Waals surface area (Å²) in [5.41, 5.74) is 0. The van der Waals surface area contributed by atoms with Crippen LogP contribution < -0.4 is 0 Å². The summed E-state index contributed by atoms with van der Waals surface area (Å²) in [7, 11) is 0. The Morgan fingerprint density at radius 1 is 0.356 bits per heavy atom. The summed E-state index contributed by atoms with van der Waals surface area (Å²) >= 11 is 0. The maximum atomic E-state index is 12.7. The summed E-state index contributed by atoms with van der Waals surface area (Å²) in [6, 6.07) is 0. The first-order valence-electron chi connectivity index (χ1n) is 24.8. The monoisotopic (exact) mass is 825 g/mol. The largest absolute Gasteiger partial charge is 0.462 e. The van der Waals surface area contributed by atoms with Crippen LogP contribution in [0.5, 0.6) is 0 Å². The highest BCUT2D eigenvalue weighted by molar-refractivity contribution is 5.71. The van der Waals surface area contributed by atoms with Gasteiger partial charge in [0, 0.05) is 19.3 Å². The van der Waals surface area contributed by atoms with E-state index in [1.54, 1.807) is 0 Å². The minimum Gasteiger partial charge on any atom is -0.462 e. The summed E-state index contributed by atoms with van der Waals surface area (Å²) in [6.45, 7) is 6.43. The van der Waals surface area contributed by atoms with Gasteiger partial charge in [-0.15, -0.1) is 0 Å². The molecule has 0 heterocycles. The quantitative estimate of drug-likeness (QED) is 0.0263. The zero-order chi connectivity index (χ0) is 43.0. The molecule has 6 nitrogen and oxygen atoms in total. The molecule has 0 aliphatic rings. The molecule has 0 radical (unpaired) electrons. The molecule has 0 fully saturated rings. The van der Waals surface area contributed by atoms with Crippen molar-refractivity contribution in [2.75, 3.05) is 13.2 Å². The van der Waals surface area contributed by atoms with Crippen LogP contribution in [0.4, 0.5) is 0 Å². The van der Waals surface area contributed by atoms with E-state index in [4.69, 9.17) is 14.2 Å². The lowest BCUT2D eigenvalue weighted by Crippen LogP contribution is -2.30. The molecule has 0 aromatic heterocycles. The van der Waals surface area contributed by atoms with Crippen LogP contribution in [0.25, 0.3) is 0 Å². The van der Waals surface area contributed by atoms with E-state index in [0.29, 0.717) is 19.3 Å². The molecule has 0 aliphatic heterocycles. The van der Waals surface area contributed by atoms with Gasteiger partial charge in [0.25, 0.3) is 0 Å². The van der Waals surface area contributed by atoms with Crippen LogP contribution in [0.15, 0.2) is 60.8 Å². The summed E-state index contributed by atoms with van der Waals surface area (Å²) in [5, 5.41) is 0. The molecule has 0 rings (SSSR count).